The Morgan fingerprint density at radius 1 is 0.295 bits per heavy atom. The molecule has 2 saturated carbocycles. The van der Waals surface area contributed by atoms with Crippen molar-refractivity contribution in [2.75, 3.05) is 9.80 Å². The van der Waals surface area contributed by atoms with Gasteiger partial charge in [-0.2, -0.15) is 0 Å². The molecule has 0 spiro atoms. The third-order valence-corrected chi connectivity index (χ3v) is 23.0. The number of halogens is 3. The molecule has 4 heterocycles. The van der Waals surface area contributed by atoms with Gasteiger partial charge >= 0.3 is 0 Å². The van der Waals surface area contributed by atoms with Gasteiger partial charge in [-0.3, -0.25) is 0 Å². The van der Waals surface area contributed by atoms with Gasteiger partial charge in [-0.25, -0.2) is 0 Å². The zero-order chi connectivity index (χ0) is 64.6. The number of fused-ring (bicyclic) bond motifs is 12. The lowest BCUT2D eigenvalue weighted by Gasteiger charge is -2.50. The lowest BCUT2D eigenvalue weighted by atomic mass is 9.61. The van der Waals surface area contributed by atoms with Gasteiger partial charge in [0.05, 0.1) is 22.1 Å². The highest BCUT2D eigenvalue weighted by molar-refractivity contribution is 6.35. The van der Waals surface area contributed by atoms with Gasteiger partial charge in [-0.15, -0.1) is 0 Å². The topological polar surface area (TPSA) is 27.2 Å². The lowest BCUT2D eigenvalue weighted by molar-refractivity contribution is 0.195. The van der Waals surface area contributed by atoms with E-state index < -0.39 is 0 Å². The van der Waals surface area contributed by atoms with Gasteiger partial charge in [0.25, 0.3) is 0 Å². The molecule has 2 fully saturated rings. The number of benzene rings is 12. The Kier molecular flexibility index (Phi) is 15.4. The van der Waals surface area contributed by atoms with Crippen LogP contribution in [0.15, 0.2) is 279 Å². The van der Waals surface area contributed by atoms with Gasteiger partial charge in [0.2, 0.25) is 0 Å². The van der Waals surface area contributed by atoms with Crippen LogP contribution < -0.4 is 9.80 Å². The van der Waals surface area contributed by atoms with E-state index in [1.54, 1.807) is 6.07 Å². The van der Waals surface area contributed by atoms with Crippen molar-refractivity contribution in [1.82, 2.24) is 9.55 Å². The Morgan fingerprint density at radius 2 is 0.621 bits per heavy atom. The van der Waals surface area contributed by atoms with Crippen LogP contribution in [0, 0.1) is 0 Å². The molecule has 2 aliphatic carbocycles. The Morgan fingerprint density at radius 3 is 1.03 bits per heavy atom. The van der Waals surface area contributed by atoms with Gasteiger partial charge in [-0.1, -0.05) is 256 Å². The van der Waals surface area contributed by atoms with Crippen molar-refractivity contribution in [3.05, 3.63) is 305 Å². The number of aromatic amines is 1. The van der Waals surface area contributed by atoms with Gasteiger partial charge in [0.15, 0.2) is 0 Å². The molecule has 0 radical (unpaired) electrons. The second-order valence-electron chi connectivity index (χ2n) is 27.5. The molecule has 0 amide bonds. The molecule has 0 bridgehead atoms. The number of aromatic nitrogens is 2. The molecule has 95 heavy (non-hydrogen) atoms. The van der Waals surface area contributed by atoms with E-state index in [2.05, 4.69) is 308 Å². The summed E-state index contributed by atoms with van der Waals surface area (Å²) in [5.41, 5.74) is 23.7. The van der Waals surface area contributed by atoms with Crippen LogP contribution in [0.2, 0.25) is 15.1 Å². The van der Waals surface area contributed by atoms with E-state index in [1.165, 1.54) is 156 Å². The summed E-state index contributed by atoms with van der Waals surface area (Å²) in [5, 5.41) is 7.15. The van der Waals surface area contributed by atoms with Crippen LogP contribution in [0.3, 0.4) is 0 Å². The first-order valence-electron chi connectivity index (χ1n) is 33.7. The fraction of sp³-hybridized carbons (Fsp3) is 0.182. The van der Waals surface area contributed by atoms with Crippen molar-refractivity contribution in [3.8, 4) is 50.2 Å². The third-order valence-electron chi connectivity index (χ3n) is 22.3. The summed E-state index contributed by atoms with van der Waals surface area (Å²) in [6.07, 6.45) is 9.84. The Bertz CT molecular complexity index is 5000. The quantitative estimate of drug-likeness (QED) is 0.172. The first-order chi connectivity index (χ1) is 46.3. The summed E-state index contributed by atoms with van der Waals surface area (Å²) in [6, 6.07) is 99.9. The second kappa shape index (κ2) is 24.2. The maximum atomic E-state index is 7.10. The third kappa shape index (κ3) is 10.3. The van der Waals surface area contributed by atoms with Crippen LogP contribution in [0.1, 0.15) is 90.2 Å². The molecule has 4 nitrogen and oxygen atoms in total. The van der Waals surface area contributed by atoms with Crippen LogP contribution in [-0.4, -0.2) is 20.6 Å². The molecule has 2 aliphatic heterocycles. The molecule has 4 unspecified atom stereocenters. The fourth-order valence-corrected chi connectivity index (χ4v) is 17.9. The van der Waals surface area contributed by atoms with Gasteiger partial charge in [0.1, 0.15) is 0 Å². The van der Waals surface area contributed by atoms with Crippen LogP contribution in [-0.2, 0) is 10.8 Å². The summed E-state index contributed by atoms with van der Waals surface area (Å²) in [5.74, 6) is 0. The molecule has 12 aromatic carbocycles. The minimum absolute atomic E-state index is 0.0348. The maximum Gasteiger partial charge on any atom is 0.0541 e. The summed E-state index contributed by atoms with van der Waals surface area (Å²) < 4.78 is 2.41. The van der Waals surface area contributed by atoms with Crippen molar-refractivity contribution >= 4 is 101 Å². The van der Waals surface area contributed by atoms with E-state index in [-0.39, 0.29) is 21.9 Å². The molecule has 4 aliphatic rings. The smallest absolute Gasteiger partial charge is 0.0541 e. The number of para-hydroxylation sites is 2. The molecule has 468 valence electrons. The highest BCUT2D eigenvalue weighted by atomic mass is 35.5. The van der Waals surface area contributed by atoms with Crippen molar-refractivity contribution in [2.24, 2.45) is 0 Å². The number of H-pyrrole nitrogens is 1. The highest BCUT2D eigenvalue weighted by Crippen LogP contribution is 2.63. The molecule has 2 aromatic heterocycles. The molecular weight excluding hydrogens is 1220 g/mol. The van der Waals surface area contributed by atoms with E-state index >= 15 is 0 Å². The molecular formula is C88H75Cl3N4. The zero-order valence-corrected chi connectivity index (χ0v) is 56.5. The SMILES string of the molecule is CC12CCCCC1(C)N(c1cc(Cl)cc(-n3c4ccc(-c5ccccc5)cc4c4cc(-c5ccccc5)ccc43)c1)c1ccccc12.CC12CCCCC1(C)N(c1cc(Cl)cc(Cl)c1)c1ccccc12.c1ccc(-c2ccc3[nH]c4ccc(-c5ccccc5)cc4c3c2)cc1. The monoisotopic (exact) mass is 1290 g/mol. The van der Waals surface area contributed by atoms with Crippen LogP contribution in [0.4, 0.5) is 22.7 Å². The zero-order valence-electron chi connectivity index (χ0n) is 54.2. The minimum Gasteiger partial charge on any atom is -0.355 e. The van der Waals surface area contributed by atoms with Crippen molar-refractivity contribution in [2.45, 2.75) is 101 Å². The van der Waals surface area contributed by atoms with Gasteiger partial charge in [-0.05, 0) is 192 Å². The number of rotatable bonds is 7. The lowest BCUT2D eigenvalue weighted by Crippen LogP contribution is -2.54. The number of anilines is 4. The highest BCUT2D eigenvalue weighted by Gasteiger charge is 2.59. The molecule has 0 saturated heterocycles. The molecule has 4 atom stereocenters. The fourth-order valence-electron chi connectivity index (χ4n) is 17.1. The van der Waals surface area contributed by atoms with Crippen molar-refractivity contribution < 1.29 is 0 Å². The van der Waals surface area contributed by atoms with E-state index in [4.69, 9.17) is 34.8 Å². The van der Waals surface area contributed by atoms with Gasteiger partial charge in [0, 0.05) is 86.9 Å². The molecule has 7 heteroatoms. The first kappa shape index (κ1) is 60.6. The summed E-state index contributed by atoms with van der Waals surface area (Å²) in [6.45, 7) is 9.79. The average molecular weight is 1290 g/mol. The van der Waals surface area contributed by atoms with E-state index in [0.29, 0.717) is 10.0 Å². The Hall–Kier alpha value is -9.29. The normalized spacial score (nSPS) is 20.2. The summed E-state index contributed by atoms with van der Waals surface area (Å²) in [4.78, 5) is 8.64. The Balaban J connectivity index is 0.000000124. The second-order valence-corrected chi connectivity index (χ2v) is 28.8. The summed E-state index contributed by atoms with van der Waals surface area (Å²) in [7, 11) is 0. The largest absolute Gasteiger partial charge is 0.355 e. The number of nitrogens with zero attached hydrogens (tertiary/aromatic N) is 3. The van der Waals surface area contributed by atoms with E-state index in [0.717, 1.165) is 28.5 Å². The molecule has 1 N–H and O–H groups in total. The predicted octanol–water partition coefficient (Wildman–Crippen LogP) is 25.9. The van der Waals surface area contributed by atoms with Crippen molar-refractivity contribution in [1.29, 1.82) is 0 Å². The van der Waals surface area contributed by atoms with Crippen molar-refractivity contribution in [3.63, 3.8) is 0 Å². The summed E-state index contributed by atoms with van der Waals surface area (Å²) >= 11 is 19.7. The van der Waals surface area contributed by atoms with Crippen LogP contribution in [0.25, 0.3) is 93.8 Å². The van der Waals surface area contributed by atoms with Gasteiger partial charge < -0.3 is 19.4 Å². The number of nitrogens with one attached hydrogen (secondary N) is 1. The van der Waals surface area contributed by atoms with Crippen LogP contribution >= 0.6 is 34.8 Å². The predicted molar refractivity (Wildman–Crippen MR) is 405 cm³/mol. The average Bonchev–Trinajstić information content (AvgIpc) is 1.55. The molecule has 18 rings (SSSR count). The Labute approximate surface area is 573 Å². The maximum absolute atomic E-state index is 7.10. The van der Waals surface area contributed by atoms with Crippen LogP contribution in [0.5, 0.6) is 0 Å². The molecule has 14 aromatic rings. The minimum atomic E-state index is -0.0348. The first-order valence-corrected chi connectivity index (χ1v) is 34.8. The number of hydrogen-bond acceptors (Lipinski definition) is 2. The van der Waals surface area contributed by atoms with E-state index in [1.807, 2.05) is 12.1 Å². The van der Waals surface area contributed by atoms with E-state index in [9.17, 15) is 0 Å². The standard InChI is InChI=1S/C44H37ClN2.C24H17N.C20H21Cl2N/c1-43-23-11-12-24-44(43,2)47(42-18-10-9-17-39(42)43)36-28-34(45)27-35(29-36)46-40-21-19-32(30-13-5-3-6-14-30)25-37(40)38-26-33(20-22-41(38)46)31-15-7-4-8-16-31;1-3-7-17(8-4-1)19-11-13-23-21(15-19)22-16-20(12-14-24(22)25-23)18-9-5-2-6-10-18;1-19-9-5-6-10-20(19,2)23(18-8-4-3-7-17(18)19)16-12-14(21)11-15(22)13-16/h3-10,13-22,25-29H,11-12,23-24H2,1-2H3;1-16,25H;3-4,7-8,11-13H,5-6,9-10H2,1-2H3. The number of hydrogen-bond donors (Lipinski definition) is 1.